The number of nitrogens with zero attached hydrogens (tertiary/aromatic N) is 1. The van der Waals surface area contributed by atoms with Crippen LogP contribution in [0.3, 0.4) is 0 Å². The normalized spacial score (nSPS) is 17.6. The van der Waals surface area contributed by atoms with Crippen LogP contribution in [-0.2, 0) is 14.8 Å². The van der Waals surface area contributed by atoms with Gasteiger partial charge in [-0.3, -0.25) is 9.59 Å². The summed E-state index contributed by atoms with van der Waals surface area (Å²) in [4.78, 5) is 25.0. The second kappa shape index (κ2) is 7.72. The van der Waals surface area contributed by atoms with E-state index in [0.717, 1.165) is 0 Å². The number of benzene rings is 1. The van der Waals surface area contributed by atoms with Gasteiger partial charge < -0.3 is 10.0 Å². The van der Waals surface area contributed by atoms with Gasteiger partial charge in [0, 0.05) is 23.7 Å². The van der Waals surface area contributed by atoms with E-state index >= 15 is 0 Å². The molecular formula is C16H21ClN2O5S. The summed E-state index contributed by atoms with van der Waals surface area (Å²) < 4.78 is 27.0. The Balaban J connectivity index is 2.00. The van der Waals surface area contributed by atoms with Crippen molar-refractivity contribution >= 4 is 33.5 Å². The SMILES string of the molecule is CC[C@H](C)[C@H](NS(=O)(=O)C1CN(C(=O)c2cccc(Cl)c2)C1)C(=O)O. The maximum Gasteiger partial charge on any atom is 0.322 e. The molecule has 1 aromatic rings. The molecule has 1 aliphatic heterocycles. The average Bonchev–Trinajstić information content (AvgIpc) is 2.49. The van der Waals surface area contributed by atoms with Crippen molar-refractivity contribution in [3.63, 3.8) is 0 Å². The molecule has 1 fully saturated rings. The van der Waals surface area contributed by atoms with Crippen molar-refractivity contribution in [1.82, 2.24) is 9.62 Å². The standard InChI is InChI=1S/C16H21ClN2O5S/c1-3-10(2)14(16(21)22)18-25(23,24)13-8-19(9-13)15(20)11-5-4-6-12(17)7-11/h4-7,10,13-14,18H,3,8-9H2,1-2H3,(H,21,22)/t10-,14-/m0/s1. The highest BCUT2D eigenvalue weighted by atomic mass is 35.5. The van der Waals surface area contributed by atoms with Crippen LogP contribution in [0, 0.1) is 5.92 Å². The van der Waals surface area contributed by atoms with E-state index in [-0.39, 0.29) is 24.9 Å². The highest BCUT2D eigenvalue weighted by Gasteiger charge is 2.42. The minimum atomic E-state index is -3.83. The Morgan fingerprint density at radius 2 is 2.04 bits per heavy atom. The number of likely N-dealkylation sites (tertiary alicyclic amines) is 1. The quantitative estimate of drug-likeness (QED) is 0.738. The highest BCUT2D eigenvalue weighted by Crippen LogP contribution is 2.21. The average molecular weight is 389 g/mol. The van der Waals surface area contributed by atoms with Gasteiger partial charge in [-0.15, -0.1) is 0 Å². The summed E-state index contributed by atoms with van der Waals surface area (Å²) in [6.07, 6.45) is 0.531. The number of carboxylic acids is 1. The number of halogens is 1. The summed E-state index contributed by atoms with van der Waals surface area (Å²) in [5.41, 5.74) is 0.388. The monoisotopic (exact) mass is 388 g/mol. The third-order valence-corrected chi connectivity index (χ3v) is 6.41. The van der Waals surface area contributed by atoms with Crippen molar-refractivity contribution in [2.45, 2.75) is 31.6 Å². The van der Waals surface area contributed by atoms with Crippen LogP contribution in [0.1, 0.15) is 30.6 Å². The molecule has 0 bridgehead atoms. The number of carboxylic acid groups (broad SMARTS) is 1. The number of carbonyl (C=O) groups excluding carboxylic acids is 1. The van der Waals surface area contributed by atoms with E-state index in [9.17, 15) is 23.1 Å². The van der Waals surface area contributed by atoms with Gasteiger partial charge in [0.25, 0.3) is 5.91 Å². The molecule has 0 radical (unpaired) electrons. The molecule has 2 atom stereocenters. The highest BCUT2D eigenvalue weighted by molar-refractivity contribution is 7.90. The molecule has 2 rings (SSSR count). The Labute approximate surface area is 152 Å². The van der Waals surface area contributed by atoms with Gasteiger partial charge in [-0.2, -0.15) is 0 Å². The predicted molar refractivity (Wildman–Crippen MR) is 94.1 cm³/mol. The second-order valence-corrected chi connectivity index (χ2v) is 8.64. The van der Waals surface area contributed by atoms with Gasteiger partial charge in [0.15, 0.2) is 0 Å². The number of carbonyl (C=O) groups is 2. The summed E-state index contributed by atoms with van der Waals surface area (Å²) in [5, 5.41) is 8.83. The molecule has 0 aliphatic carbocycles. The molecule has 1 aliphatic rings. The van der Waals surface area contributed by atoms with Crippen LogP contribution in [0.25, 0.3) is 0 Å². The first-order chi connectivity index (χ1) is 11.7. The maximum atomic E-state index is 12.4. The summed E-state index contributed by atoms with van der Waals surface area (Å²) in [7, 11) is -3.83. The van der Waals surface area contributed by atoms with Gasteiger partial charge in [0.1, 0.15) is 11.3 Å². The van der Waals surface area contributed by atoms with Gasteiger partial charge in [0.2, 0.25) is 10.0 Å². The van der Waals surface area contributed by atoms with E-state index in [4.69, 9.17) is 11.6 Å². The molecule has 1 aromatic carbocycles. The Kier molecular flexibility index (Phi) is 6.08. The van der Waals surface area contributed by atoms with Crippen molar-refractivity contribution in [2.24, 2.45) is 5.92 Å². The zero-order chi connectivity index (χ0) is 18.8. The minimum absolute atomic E-state index is 0.0214. The largest absolute Gasteiger partial charge is 0.480 e. The molecule has 25 heavy (non-hydrogen) atoms. The zero-order valence-corrected chi connectivity index (χ0v) is 15.5. The van der Waals surface area contributed by atoms with Crippen LogP contribution in [0.4, 0.5) is 0 Å². The zero-order valence-electron chi connectivity index (χ0n) is 14.0. The van der Waals surface area contributed by atoms with Crippen molar-refractivity contribution in [3.05, 3.63) is 34.9 Å². The van der Waals surface area contributed by atoms with Crippen LogP contribution in [0.15, 0.2) is 24.3 Å². The number of hydrogen-bond donors (Lipinski definition) is 2. The smallest absolute Gasteiger partial charge is 0.322 e. The fourth-order valence-corrected chi connectivity index (χ4v) is 4.35. The van der Waals surface area contributed by atoms with Gasteiger partial charge in [-0.25, -0.2) is 13.1 Å². The lowest BCUT2D eigenvalue weighted by Gasteiger charge is -2.39. The molecule has 7 nitrogen and oxygen atoms in total. The second-order valence-electron chi connectivity index (χ2n) is 6.21. The van der Waals surface area contributed by atoms with E-state index in [1.54, 1.807) is 32.0 Å². The van der Waals surface area contributed by atoms with Crippen LogP contribution in [0.5, 0.6) is 0 Å². The summed E-state index contributed by atoms with van der Waals surface area (Å²) in [6, 6.07) is 5.25. The van der Waals surface area contributed by atoms with Gasteiger partial charge in [-0.05, 0) is 24.1 Å². The molecular weight excluding hydrogens is 368 g/mol. The first-order valence-corrected chi connectivity index (χ1v) is 9.87. The van der Waals surface area contributed by atoms with E-state index in [2.05, 4.69) is 4.72 Å². The molecule has 0 unspecified atom stereocenters. The van der Waals surface area contributed by atoms with E-state index in [1.165, 1.54) is 11.0 Å². The summed E-state index contributed by atoms with van der Waals surface area (Å²) >= 11 is 5.85. The van der Waals surface area contributed by atoms with Crippen molar-refractivity contribution in [3.8, 4) is 0 Å². The Bertz CT molecular complexity index is 762. The third kappa shape index (κ3) is 4.50. The first-order valence-electron chi connectivity index (χ1n) is 7.94. The van der Waals surface area contributed by atoms with E-state index in [1.807, 2.05) is 0 Å². The molecule has 0 aromatic heterocycles. The Morgan fingerprint density at radius 3 is 2.56 bits per heavy atom. The fraction of sp³-hybridized carbons (Fsp3) is 0.500. The van der Waals surface area contributed by atoms with Crippen molar-refractivity contribution < 1.29 is 23.1 Å². The first kappa shape index (κ1) is 19.7. The maximum absolute atomic E-state index is 12.4. The lowest BCUT2D eigenvalue weighted by molar-refractivity contribution is -0.140. The molecule has 138 valence electrons. The third-order valence-electron chi connectivity index (χ3n) is 4.42. The lowest BCUT2D eigenvalue weighted by atomic mass is 10.0. The molecule has 0 saturated carbocycles. The molecule has 1 heterocycles. The number of aliphatic carboxylic acids is 1. The van der Waals surface area contributed by atoms with Crippen molar-refractivity contribution in [2.75, 3.05) is 13.1 Å². The molecule has 9 heteroatoms. The van der Waals surface area contributed by atoms with Crippen LogP contribution < -0.4 is 4.72 Å². The summed E-state index contributed by atoms with van der Waals surface area (Å²) in [5.74, 6) is -1.84. The van der Waals surface area contributed by atoms with Crippen LogP contribution >= 0.6 is 11.6 Å². The van der Waals surface area contributed by atoms with Gasteiger partial charge >= 0.3 is 5.97 Å². The Hall–Kier alpha value is -1.64. The number of amides is 1. The van der Waals surface area contributed by atoms with Crippen LogP contribution in [-0.4, -0.2) is 54.7 Å². The van der Waals surface area contributed by atoms with Gasteiger partial charge in [-0.1, -0.05) is 37.9 Å². The molecule has 1 saturated heterocycles. The predicted octanol–water partition coefficient (Wildman–Crippen LogP) is 1.58. The number of sulfonamides is 1. The minimum Gasteiger partial charge on any atom is -0.480 e. The number of hydrogen-bond acceptors (Lipinski definition) is 4. The topological polar surface area (TPSA) is 104 Å². The Morgan fingerprint density at radius 1 is 1.40 bits per heavy atom. The molecule has 0 spiro atoms. The fourth-order valence-electron chi connectivity index (χ4n) is 2.52. The molecule has 1 amide bonds. The van der Waals surface area contributed by atoms with E-state index < -0.39 is 27.3 Å². The van der Waals surface area contributed by atoms with Gasteiger partial charge in [0.05, 0.1) is 0 Å². The number of nitrogens with one attached hydrogen (secondary N) is 1. The van der Waals surface area contributed by atoms with Crippen LogP contribution in [0.2, 0.25) is 5.02 Å². The van der Waals surface area contributed by atoms with Crippen molar-refractivity contribution in [1.29, 1.82) is 0 Å². The lowest BCUT2D eigenvalue weighted by Crippen LogP contribution is -2.61. The molecule has 2 N–H and O–H groups in total. The number of rotatable bonds is 7. The van der Waals surface area contributed by atoms with E-state index in [0.29, 0.717) is 17.0 Å². The summed E-state index contributed by atoms with van der Waals surface area (Å²) in [6.45, 7) is 3.52.